The Morgan fingerprint density at radius 3 is 2.80 bits per heavy atom. The average molecular weight is 656 g/mol. The van der Waals surface area contributed by atoms with Gasteiger partial charge >= 0.3 is 0 Å². The van der Waals surface area contributed by atoms with Crippen LogP contribution in [-0.2, 0) is 25.8 Å². The van der Waals surface area contributed by atoms with Crippen LogP contribution in [0.2, 0.25) is 0 Å². The number of rotatable bonds is 11. The third-order valence-electron chi connectivity index (χ3n) is 6.80. The number of hydrogen-bond acceptors (Lipinski definition) is 14. The number of thioether (sulfide) groups is 2. The molecule has 4 N–H and O–H groups in total. The summed E-state index contributed by atoms with van der Waals surface area (Å²) in [5.74, 6) is -0.821. The Labute approximate surface area is 263 Å². The van der Waals surface area contributed by atoms with Crippen LogP contribution in [0.5, 0.6) is 11.5 Å². The number of nitrogens with one attached hydrogen (secondary N) is 2. The summed E-state index contributed by atoms with van der Waals surface area (Å²) in [7, 11) is 1.79. The molecular weight excluding hydrogens is 631 g/mol. The van der Waals surface area contributed by atoms with Crippen LogP contribution < -0.4 is 35.7 Å². The van der Waals surface area contributed by atoms with E-state index in [0.717, 1.165) is 21.8 Å². The van der Waals surface area contributed by atoms with Crippen LogP contribution in [0.3, 0.4) is 0 Å². The van der Waals surface area contributed by atoms with Gasteiger partial charge in [-0.05, 0) is 23.3 Å². The molecule has 2 atom stereocenters. The van der Waals surface area contributed by atoms with E-state index in [2.05, 4.69) is 20.9 Å². The molecule has 0 unspecified atom stereocenters. The summed E-state index contributed by atoms with van der Waals surface area (Å²) in [5.41, 5.74) is 9.88. The van der Waals surface area contributed by atoms with Gasteiger partial charge in [0, 0.05) is 33.9 Å². The lowest BCUT2D eigenvalue weighted by Gasteiger charge is -2.50. The van der Waals surface area contributed by atoms with Gasteiger partial charge in [-0.1, -0.05) is 15.9 Å². The maximum absolute atomic E-state index is 13.4. The van der Waals surface area contributed by atoms with Gasteiger partial charge in [-0.15, -0.1) is 34.9 Å². The SMILES string of the molecule is CN[n+]1ccc(SCC2=C(C(=O)[O-])N3C(=O)[C@@H](NC(=O)/C(=N\OCc4ccc5c(c4)OCO5)c4csc(N)n4)[C@H]3SC2)cc1. The number of benzene rings is 1. The Hall–Kier alpha value is -4.48. The highest BCUT2D eigenvalue weighted by Gasteiger charge is 2.53. The molecule has 0 saturated carbocycles. The fourth-order valence-corrected chi connectivity index (χ4v) is 7.54. The highest BCUT2D eigenvalue weighted by molar-refractivity contribution is 8.01. The van der Waals surface area contributed by atoms with Gasteiger partial charge < -0.3 is 35.3 Å². The number of oxime groups is 1. The van der Waals surface area contributed by atoms with Gasteiger partial charge in [0.1, 0.15) is 23.7 Å². The molecule has 2 aromatic heterocycles. The number of thiazole rings is 1. The number of amides is 2. The second kappa shape index (κ2) is 12.6. The molecule has 6 rings (SSSR count). The highest BCUT2D eigenvalue weighted by atomic mass is 32.2. The number of pyridine rings is 1. The summed E-state index contributed by atoms with van der Waals surface area (Å²) in [6.45, 7) is 0.149. The Kier molecular flexibility index (Phi) is 8.49. The van der Waals surface area contributed by atoms with Crippen molar-refractivity contribution in [2.45, 2.75) is 22.9 Å². The second-order valence-corrected chi connectivity index (χ2v) is 12.6. The molecule has 1 aromatic carbocycles. The number of ether oxygens (including phenoxy) is 2. The fourth-order valence-electron chi connectivity index (χ4n) is 4.62. The first-order valence-corrected chi connectivity index (χ1v) is 16.0. The number of anilines is 1. The molecule has 3 aliphatic rings. The molecule has 228 valence electrons. The van der Waals surface area contributed by atoms with Crippen LogP contribution in [0.15, 0.2) is 69.4 Å². The van der Waals surface area contributed by atoms with E-state index < -0.39 is 29.2 Å². The quantitative estimate of drug-likeness (QED) is 0.0830. The lowest BCUT2D eigenvalue weighted by molar-refractivity contribution is -0.647. The third-order valence-corrected chi connectivity index (χ3v) is 9.91. The Bertz CT molecular complexity index is 1680. The number of carbonyl (C=O) groups excluding carboxylic acids is 3. The van der Waals surface area contributed by atoms with Crippen LogP contribution in [0, 0.1) is 0 Å². The molecule has 0 bridgehead atoms. The summed E-state index contributed by atoms with van der Waals surface area (Å²) in [6, 6.07) is 8.07. The van der Waals surface area contributed by atoms with Gasteiger partial charge in [-0.3, -0.25) is 14.5 Å². The third kappa shape index (κ3) is 5.97. The van der Waals surface area contributed by atoms with Crippen LogP contribution in [0.25, 0.3) is 0 Å². The minimum Gasteiger partial charge on any atom is -0.543 e. The van der Waals surface area contributed by atoms with E-state index in [1.807, 2.05) is 24.5 Å². The van der Waals surface area contributed by atoms with Crippen LogP contribution >= 0.6 is 34.9 Å². The number of fused-ring (bicyclic) bond motifs is 2. The molecule has 14 nitrogen and oxygen atoms in total. The molecule has 1 saturated heterocycles. The fraction of sp³-hybridized carbons (Fsp3) is 0.259. The van der Waals surface area contributed by atoms with Crippen molar-refractivity contribution in [3.63, 3.8) is 0 Å². The number of carboxylic acids is 1. The monoisotopic (exact) mass is 655 g/mol. The zero-order valence-electron chi connectivity index (χ0n) is 23.1. The summed E-state index contributed by atoms with van der Waals surface area (Å²) in [6.07, 6.45) is 3.68. The van der Waals surface area contributed by atoms with Crippen molar-refractivity contribution in [2.24, 2.45) is 5.16 Å². The molecule has 5 heterocycles. The van der Waals surface area contributed by atoms with E-state index in [0.29, 0.717) is 28.6 Å². The minimum absolute atomic E-state index is 0.0146. The zero-order valence-corrected chi connectivity index (χ0v) is 25.5. The highest BCUT2D eigenvalue weighted by Crippen LogP contribution is 2.41. The van der Waals surface area contributed by atoms with E-state index in [-0.39, 0.29) is 35.6 Å². The second-order valence-electron chi connectivity index (χ2n) is 9.53. The summed E-state index contributed by atoms with van der Waals surface area (Å²) in [4.78, 5) is 50.5. The molecule has 3 aromatic rings. The van der Waals surface area contributed by atoms with Crippen molar-refractivity contribution in [3.05, 3.63) is 70.6 Å². The number of carboxylic acid groups (broad SMARTS) is 1. The lowest BCUT2D eigenvalue weighted by Crippen LogP contribution is -2.71. The standard InChI is InChI=1S/C27H25N7O7S3/c1-29-33-6-4-16(5-7-33)42-10-15-11-43-25-21(24(36)34(25)22(15)26(37)38)31-23(35)20(17-12-44-27(28)30-17)32-41-9-14-2-3-18-19(8-14)40-13-39-18/h2-8,12,21,25,29H,9-11,13H2,1H3,(H3-,28,30,31,35,37,38)/b32-20-/t21-,25-/m1/s1. The van der Waals surface area contributed by atoms with Crippen LogP contribution in [0.4, 0.5) is 5.13 Å². The molecular formula is C27H25N7O7S3. The first kappa shape index (κ1) is 29.6. The van der Waals surface area contributed by atoms with Crippen molar-refractivity contribution in [3.8, 4) is 11.5 Å². The Morgan fingerprint density at radius 1 is 1.27 bits per heavy atom. The number of nitrogens with two attached hydrogens (primary N) is 1. The van der Waals surface area contributed by atoms with Gasteiger partial charge in [-0.25, -0.2) is 4.98 Å². The smallest absolute Gasteiger partial charge is 0.276 e. The van der Waals surface area contributed by atoms with E-state index in [4.69, 9.17) is 20.0 Å². The van der Waals surface area contributed by atoms with Gasteiger partial charge in [0.15, 0.2) is 22.3 Å². The molecule has 0 spiro atoms. The molecule has 17 heteroatoms. The van der Waals surface area contributed by atoms with E-state index >= 15 is 0 Å². The van der Waals surface area contributed by atoms with E-state index in [1.54, 1.807) is 35.3 Å². The molecule has 2 amide bonds. The number of β-lactam (4-membered cyclic amide) rings is 1. The largest absolute Gasteiger partial charge is 0.543 e. The van der Waals surface area contributed by atoms with Crippen LogP contribution in [0.1, 0.15) is 11.3 Å². The maximum Gasteiger partial charge on any atom is 0.276 e. The molecule has 0 aliphatic carbocycles. The number of aromatic nitrogens is 2. The predicted molar refractivity (Wildman–Crippen MR) is 160 cm³/mol. The predicted octanol–water partition coefficient (Wildman–Crippen LogP) is 0.0319. The number of nitrogen functional groups attached to an aromatic ring is 1. The van der Waals surface area contributed by atoms with Crippen molar-refractivity contribution in [2.75, 3.05) is 36.5 Å². The van der Waals surface area contributed by atoms with Gasteiger partial charge in [0.25, 0.3) is 11.8 Å². The number of nitrogens with zero attached hydrogens (tertiary/aromatic N) is 4. The summed E-state index contributed by atoms with van der Waals surface area (Å²) < 4.78 is 12.5. The summed E-state index contributed by atoms with van der Waals surface area (Å²) >= 11 is 3.93. The maximum atomic E-state index is 13.4. The molecule has 3 aliphatic heterocycles. The topological polar surface area (TPSA) is 184 Å². The normalized spacial score (nSPS) is 18.9. The van der Waals surface area contributed by atoms with Crippen LogP contribution in [-0.4, -0.2) is 70.1 Å². The minimum atomic E-state index is -1.44. The summed E-state index contributed by atoms with van der Waals surface area (Å²) in [5, 5.41) is 20.0. The van der Waals surface area contributed by atoms with E-state index in [9.17, 15) is 19.5 Å². The van der Waals surface area contributed by atoms with Crippen molar-refractivity contribution < 1.29 is 38.5 Å². The van der Waals surface area contributed by atoms with E-state index in [1.165, 1.54) is 28.4 Å². The van der Waals surface area contributed by atoms with Gasteiger partial charge in [0.2, 0.25) is 19.2 Å². The Balaban J connectivity index is 1.14. The molecule has 44 heavy (non-hydrogen) atoms. The molecule has 0 radical (unpaired) electrons. The first-order valence-electron chi connectivity index (χ1n) is 13.1. The first-order chi connectivity index (χ1) is 21.3. The number of carbonyl (C=O) groups is 3. The van der Waals surface area contributed by atoms with Crippen molar-refractivity contribution in [1.29, 1.82) is 0 Å². The lowest BCUT2D eigenvalue weighted by atomic mass is 10.0. The van der Waals surface area contributed by atoms with Gasteiger partial charge in [-0.2, -0.15) is 5.43 Å². The van der Waals surface area contributed by atoms with Crippen molar-refractivity contribution >= 4 is 63.5 Å². The number of aliphatic carboxylic acids is 1. The van der Waals surface area contributed by atoms with Crippen molar-refractivity contribution in [1.82, 2.24) is 15.2 Å². The number of hydrogen-bond donors (Lipinski definition) is 3. The zero-order chi connectivity index (χ0) is 30.8. The average Bonchev–Trinajstić information content (AvgIpc) is 3.68. The van der Waals surface area contributed by atoms with Gasteiger partial charge in [0.05, 0.1) is 18.7 Å². The Morgan fingerprint density at radius 2 is 2.07 bits per heavy atom. The molecule has 1 fully saturated rings.